The van der Waals surface area contributed by atoms with Crippen molar-refractivity contribution in [1.29, 1.82) is 0 Å². The van der Waals surface area contributed by atoms with Crippen LogP contribution < -0.4 is 5.56 Å². The lowest BCUT2D eigenvalue weighted by atomic mass is 10.0. The summed E-state index contributed by atoms with van der Waals surface area (Å²) in [5.74, 6) is -0.480. The average molecular weight is 323 g/mol. The van der Waals surface area contributed by atoms with Crippen LogP contribution in [0.1, 0.15) is 27.0 Å². The second-order valence-electron chi connectivity index (χ2n) is 5.75. The molecule has 0 N–H and O–H groups in total. The SMILES string of the molecule is Cc1cc(C)c(C(=O)OCn2nnc3ccccc3c2=O)c(C)c1. The maximum absolute atomic E-state index is 12.4. The van der Waals surface area contributed by atoms with Gasteiger partial charge < -0.3 is 4.74 Å². The highest BCUT2D eigenvalue weighted by Crippen LogP contribution is 2.17. The molecule has 0 spiro atoms. The molecule has 0 radical (unpaired) electrons. The molecule has 0 amide bonds. The van der Waals surface area contributed by atoms with Crippen molar-refractivity contribution >= 4 is 16.9 Å². The molecule has 0 atom stereocenters. The van der Waals surface area contributed by atoms with Crippen LogP contribution >= 0.6 is 0 Å². The predicted octanol–water partition coefficient (Wildman–Crippen LogP) is 2.53. The Morgan fingerprint density at radius 2 is 1.79 bits per heavy atom. The van der Waals surface area contributed by atoms with Gasteiger partial charge in [-0.15, -0.1) is 5.10 Å². The molecule has 2 aromatic carbocycles. The van der Waals surface area contributed by atoms with E-state index in [1.807, 2.05) is 32.9 Å². The van der Waals surface area contributed by atoms with Crippen LogP contribution in [0, 0.1) is 20.8 Å². The van der Waals surface area contributed by atoms with Gasteiger partial charge in [0.1, 0.15) is 5.52 Å². The molecule has 6 heteroatoms. The van der Waals surface area contributed by atoms with Crippen LogP contribution in [0.5, 0.6) is 0 Å². The van der Waals surface area contributed by atoms with E-state index in [9.17, 15) is 9.59 Å². The Hall–Kier alpha value is -3.02. The van der Waals surface area contributed by atoms with Gasteiger partial charge in [-0.25, -0.2) is 4.79 Å². The highest BCUT2D eigenvalue weighted by Gasteiger charge is 2.15. The molecule has 0 aliphatic rings. The molecule has 24 heavy (non-hydrogen) atoms. The Morgan fingerprint density at radius 1 is 1.12 bits per heavy atom. The van der Waals surface area contributed by atoms with Crippen LogP contribution in [-0.4, -0.2) is 21.0 Å². The Labute approximate surface area is 138 Å². The van der Waals surface area contributed by atoms with Crippen molar-refractivity contribution in [3.05, 3.63) is 69.0 Å². The Morgan fingerprint density at radius 3 is 2.50 bits per heavy atom. The smallest absolute Gasteiger partial charge is 0.340 e. The first-order valence-corrected chi connectivity index (χ1v) is 7.55. The number of rotatable bonds is 3. The van der Waals surface area contributed by atoms with Crippen molar-refractivity contribution in [2.24, 2.45) is 0 Å². The number of hydrogen-bond acceptors (Lipinski definition) is 5. The molecule has 3 rings (SSSR count). The van der Waals surface area contributed by atoms with E-state index in [0.717, 1.165) is 21.4 Å². The molecule has 0 saturated heterocycles. The largest absolute Gasteiger partial charge is 0.439 e. The molecular formula is C18H17N3O3. The summed E-state index contributed by atoms with van der Waals surface area (Å²) in [6, 6.07) is 10.7. The van der Waals surface area contributed by atoms with Crippen LogP contribution in [0.25, 0.3) is 10.9 Å². The summed E-state index contributed by atoms with van der Waals surface area (Å²) in [7, 11) is 0. The van der Waals surface area contributed by atoms with Gasteiger partial charge in [-0.2, -0.15) is 4.68 Å². The van der Waals surface area contributed by atoms with Crippen LogP contribution in [0.2, 0.25) is 0 Å². The van der Waals surface area contributed by atoms with Crippen molar-refractivity contribution in [3.63, 3.8) is 0 Å². The third-order valence-electron chi connectivity index (χ3n) is 3.83. The molecule has 3 aromatic rings. The number of fused-ring (bicyclic) bond motifs is 1. The monoisotopic (exact) mass is 323 g/mol. The first kappa shape index (κ1) is 15.9. The average Bonchev–Trinajstić information content (AvgIpc) is 2.53. The first-order valence-electron chi connectivity index (χ1n) is 7.55. The van der Waals surface area contributed by atoms with E-state index in [1.165, 1.54) is 0 Å². The minimum atomic E-state index is -0.480. The number of carbonyl (C=O) groups is 1. The van der Waals surface area contributed by atoms with Crippen LogP contribution in [0.4, 0.5) is 0 Å². The maximum atomic E-state index is 12.4. The van der Waals surface area contributed by atoms with E-state index in [4.69, 9.17) is 4.74 Å². The second-order valence-corrected chi connectivity index (χ2v) is 5.75. The molecule has 1 heterocycles. The lowest BCUT2D eigenvalue weighted by molar-refractivity contribution is 0.0334. The Balaban J connectivity index is 1.85. The Bertz CT molecular complexity index is 969. The summed E-state index contributed by atoms with van der Waals surface area (Å²) < 4.78 is 6.31. The summed E-state index contributed by atoms with van der Waals surface area (Å²) in [6.07, 6.45) is 0. The number of esters is 1. The van der Waals surface area contributed by atoms with Gasteiger partial charge in [-0.05, 0) is 44.0 Å². The number of aryl methyl sites for hydroxylation is 3. The Kier molecular flexibility index (Phi) is 4.12. The van der Waals surface area contributed by atoms with Gasteiger partial charge in [0.15, 0.2) is 6.73 Å². The number of carbonyl (C=O) groups excluding carboxylic acids is 1. The number of aromatic nitrogens is 3. The van der Waals surface area contributed by atoms with Gasteiger partial charge >= 0.3 is 5.97 Å². The molecule has 0 bridgehead atoms. The molecule has 0 fully saturated rings. The van der Waals surface area contributed by atoms with E-state index in [2.05, 4.69) is 10.3 Å². The third kappa shape index (κ3) is 2.90. The highest BCUT2D eigenvalue weighted by atomic mass is 16.5. The van der Waals surface area contributed by atoms with Crippen LogP contribution in [0.3, 0.4) is 0 Å². The fourth-order valence-corrected chi connectivity index (χ4v) is 2.80. The van der Waals surface area contributed by atoms with E-state index >= 15 is 0 Å². The maximum Gasteiger partial charge on any atom is 0.340 e. The van der Waals surface area contributed by atoms with E-state index in [-0.39, 0.29) is 12.3 Å². The number of hydrogen-bond donors (Lipinski definition) is 0. The molecule has 0 saturated carbocycles. The number of nitrogens with zero attached hydrogens (tertiary/aromatic N) is 3. The highest BCUT2D eigenvalue weighted by molar-refractivity contribution is 5.92. The predicted molar refractivity (Wildman–Crippen MR) is 89.9 cm³/mol. The van der Waals surface area contributed by atoms with Gasteiger partial charge in [-0.1, -0.05) is 35.0 Å². The second kappa shape index (κ2) is 6.23. The fraction of sp³-hybridized carbons (Fsp3) is 0.222. The van der Waals surface area contributed by atoms with Gasteiger partial charge in [0.05, 0.1) is 10.9 Å². The van der Waals surface area contributed by atoms with Gasteiger partial charge in [0, 0.05) is 0 Å². The topological polar surface area (TPSA) is 74.1 Å². The lowest BCUT2D eigenvalue weighted by Gasteiger charge is -2.11. The molecule has 0 aliphatic carbocycles. The number of ether oxygens (including phenoxy) is 1. The van der Waals surface area contributed by atoms with Crippen molar-refractivity contribution in [3.8, 4) is 0 Å². The summed E-state index contributed by atoms with van der Waals surface area (Å²) in [6.45, 7) is 5.42. The van der Waals surface area contributed by atoms with Crippen LogP contribution in [0.15, 0.2) is 41.2 Å². The fourth-order valence-electron chi connectivity index (χ4n) is 2.80. The zero-order valence-corrected chi connectivity index (χ0v) is 13.7. The summed E-state index contributed by atoms with van der Waals surface area (Å²) in [5.41, 5.74) is 3.45. The molecular weight excluding hydrogens is 306 g/mol. The van der Waals surface area contributed by atoms with Gasteiger partial charge in [-0.3, -0.25) is 4.79 Å². The normalized spacial score (nSPS) is 10.8. The first-order chi connectivity index (χ1) is 11.5. The molecule has 6 nitrogen and oxygen atoms in total. The van der Waals surface area contributed by atoms with Gasteiger partial charge in [0.25, 0.3) is 5.56 Å². The summed E-state index contributed by atoms with van der Waals surface area (Å²) in [4.78, 5) is 24.7. The van der Waals surface area contributed by atoms with Crippen molar-refractivity contribution in [1.82, 2.24) is 15.0 Å². The summed E-state index contributed by atoms with van der Waals surface area (Å²) >= 11 is 0. The van der Waals surface area contributed by atoms with Gasteiger partial charge in [0.2, 0.25) is 0 Å². The van der Waals surface area contributed by atoms with E-state index in [0.29, 0.717) is 16.5 Å². The standard InChI is InChI=1S/C18H17N3O3/c1-11-8-12(2)16(13(3)9-11)18(23)24-10-21-17(22)14-6-4-5-7-15(14)19-20-21/h4-9H,10H2,1-3H3. The van der Waals surface area contributed by atoms with Crippen molar-refractivity contribution < 1.29 is 9.53 Å². The molecule has 122 valence electrons. The molecule has 1 aromatic heterocycles. The van der Waals surface area contributed by atoms with E-state index in [1.54, 1.807) is 24.3 Å². The summed E-state index contributed by atoms with van der Waals surface area (Å²) in [5, 5.41) is 8.21. The lowest BCUT2D eigenvalue weighted by Crippen LogP contribution is -2.26. The van der Waals surface area contributed by atoms with Crippen LogP contribution in [-0.2, 0) is 11.5 Å². The minimum absolute atomic E-state index is 0.276. The van der Waals surface area contributed by atoms with Crippen molar-refractivity contribution in [2.45, 2.75) is 27.5 Å². The number of benzene rings is 2. The zero-order valence-electron chi connectivity index (χ0n) is 13.7. The van der Waals surface area contributed by atoms with E-state index < -0.39 is 5.97 Å². The molecule has 0 aliphatic heterocycles. The zero-order chi connectivity index (χ0) is 17.3. The quantitative estimate of drug-likeness (QED) is 0.692. The van der Waals surface area contributed by atoms with Crippen molar-refractivity contribution in [2.75, 3.05) is 0 Å². The molecule has 0 unspecified atom stereocenters. The third-order valence-corrected chi connectivity index (χ3v) is 3.83. The minimum Gasteiger partial charge on any atom is -0.439 e.